The summed E-state index contributed by atoms with van der Waals surface area (Å²) in [5, 5.41) is 5.18. The summed E-state index contributed by atoms with van der Waals surface area (Å²) in [5.74, 6) is 0.260. The van der Waals surface area contributed by atoms with Crippen molar-refractivity contribution in [2.45, 2.75) is 19.3 Å². The molecule has 5 nitrogen and oxygen atoms in total. The summed E-state index contributed by atoms with van der Waals surface area (Å²) in [6.45, 7) is 2.12. The molecular weight excluding hydrogens is 364 g/mol. The second-order valence-electron chi connectivity index (χ2n) is 5.43. The van der Waals surface area contributed by atoms with Gasteiger partial charge in [-0.3, -0.25) is 9.27 Å². The van der Waals surface area contributed by atoms with Crippen LogP contribution in [0.15, 0.2) is 47.2 Å². The van der Waals surface area contributed by atoms with Gasteiger partial charge in [-0.05, 0) is 35.6 Å². The lowest BCUT2D eigenvalue weighted by atomic mass is 9.99. The van der Waals surface area contributed by atoms with Crippen LogP contribution in [0.25, 0.3) is 9.88 Å². The Bertz CT molecular complexity index is 900. The highest BCUT2D eigenvalue weighted by Crippen LogP contribution is 2.31. The van der Waals surface area contributed by atoms with E-state index in [1.54, 1.807) is 34.8 Å². The third-order valence-electron chi connectivity index (χ3n) is 3.50. The fourth-order valence-electron chi connectivity index (χ4n) is 2.34. The molecule has 0 saturated carbocycles. The summed E-state index contributed by atoms with van der Waals surface area (Å²) in [6.07, 6.45) is 0.805. The number of thiazole rings is 1. The minimum absolute atomic E-state index is 0.260. The molecule has 2 heterocycles. The fraction of sp³-hybridized carbons (Fsp3) is 0.188. The van der Waals surface area contributed by atoms with Crippen LogP contribution >= 0.6 is 22.7 Å². The van der Waals surface area contributed by atoms with Crippen LogP contribution in [0.1, 0.15) is 24.1 Å². The zero-order valence-electron chi connectivity index (χ0n) is 12.8. The Morgan fingerprint density at radius 1 is 1.21 bits per heavy atom. The Morgan fingerprint density at radius 2 is 1.96 bits per heavy atom. The molecule has 8 heteroatoms. The molecule has 0 aliphatic carbocycles. The number of thiophene rings is 1. The minimum atomic E-state index is -4.23. The van der Waals surface area contributed by atoms with E-state index in [1.807, 2.05) is 28.3 Å². The number of hydrogen-bond donors (Lipinski definition) is 2. The molecule has 0 spiro atoms. The molecule has 126 valence electrons. The van der Waals surface area contributed by atoms with E-state index in [0.717, 1.165) is 22.7 Å². The molecule has 1 atom stereocenters. The quantitative estimate of drug-likeness (QED) is 0.620. The SMILES string of the molecule is C[C@@H](Cc1ccc(NS(=O)(=O)O)cc1)c1csc(-c2cccs2)n1. The van der Waals surface area contributed by atoms with Gasteiger partial charge in [-0.15, -0.1) is 22.7 Å². The lowest BCUT2D eigenvalue weighted by molar-refractivity contribution is 0.489. The Labute approximate surface area is 148 Å². The van der Waals surface area contributed by atoms with Crippen molar-refractivity contribution in [2.24, 2.45) is 0 Å². The highest BCUT2D eigenvalue weighted by atomic mass is 32.2. The molecule has 3 aromatic rings. The first-order valence-corrected chi connectivity index (χ1v) is 10.4. The number of nitrogens with one attached hydrogen (secondary N) is 1. The highest BCUT2D eigenvalue weighted by Gasteiger charge is 2.13. The third-order valence-corrected chi connectivity index (χ3v) is 5.89. The molecule has 3 rings (SSSR count). The van der Waals surface area contributed by atoms with Gasteiger partial charge in [0.2, 0.25) is 0 Å². The Balaban J connectivity index is 1.67. The molecule has 0 unspecified atom stereocenters. The van der Waals surface area contributed by atoms with Crippen LogP contribution in [0.3, 0.4) is 0 Å². The molecule has 0 radical (unpaired) electrons. The van der Waals surface area contributed by atoms with Crippen molar-refractivity contribution in [1.29, 1.82) is 0 Å². The summed E-state index contributed by atoms with van der Waals surface area (Å²) in [5.41, 5.74) is 2.47. The van der Waals surface area contributed by atoms with E-state index in [1.165, 1.54) is 4.88 Å². The summed E-state index contributed by atoms with van der Waals surface area (Å²) in [7, 11) is -4.23. The van der Waals surface area contributed by atoms with Crippen LogP contribution in [0.4, 0.5) is 5.69 Å². The van der Waals surface area contributed by atoms with Crippen LogP contribution in [0, 0.1) is 0 Å². The maximum atomic E-state index is 10.8. The first kappa shape index (κ1) is 17.1. The molecule has 24 heavy (non-hydrogen) atoms. The van der Waals surface area contributed by atoms with E-state index in [-0.39, 0.29) is 5.92 Å². The van der Waals surface area contributed by atoms with Gasteiger partial charge < -0.3 is 0 Å². The van der Waals surface area contributed by atoms with E-state index >= 15 is 0 Å². The summed E-state index contributed by atoms with van der Waals surface area (Å²) in [4.78, 5) is 5.90. The number of benzene rings is 1. The van der Waals surface area contributed by atoms with Crippen LogP contribution in [-0.2, 0) is 16.7 Å². The number of anilines is 1. The van der Waals surface area contributed by atoms with Crippen LogP contribution < -0.4 is 4.72 Å². The Hall–Kier alpha value is -1.74. The highest BCUT2D eigenvalue weighted by molar-refractivity contribution is 7.87. The number of rotatable bonds is 6. The molecule has 2 N–H and O–H groups in total. The average Bonchev–Trinajstić information content (AvgIpc) is 3.18. The smallest absolute Gasteiger partial charge is 0.269 e. The van der Waals surface area contributed by atoms with Crippen molar-refractivity contribution in [2.75, 3.05) is 4.72 Å². The van der Waals surface area contributed by atoms with Crippen molar-refractivity contribution in [3.8, 4) is 9.88 Å². The fourth-order valence-corrected chi connectivity index (χ4v) is 4.53. The van der Waals surface area contributed by atoms with Crippen LogP contribution in [0.5, 0.6) is 0 Å². The normalized spacial score (nSPS) is 12.9. The van der Waals surface area contributed by atoms with Gasteiger partial charge in [0.15, 0.2) is 0 Å². The van der Waals surface area contributed by atoms with Gasteiger partial charge in [-0.25, -0.2) is 4.98 Å². The van der Waals surface area contributed by atoms with E-state index < -0.39 is 10.3 Å². The predicted octanol–water partition coefficient (Wildman–Crippen LogP) is 4.43. The largest absolute Gasteiger partial charge is 0.357 e. The van der Waals surface area contributed by atoms with E-state index in [2.05, 4.69) is 18.4 Å². The molecule has 0 saturated heterocycles. The van der Waals surface area contributed by atoms with Gasteiger partial charge in [-0.1, -0.05) is 25.1 Å². The number of nitrogens with zero attached hydrogens (tertiary/aromatic N) is 1. The molecule has 0 amide bonds. The second kappa shape index (κ2) is 7.02. The second-order valence-corrected chi connectivity index (χ2v) is 8.39. The Kier molecular flexibility index (Phi) is 5.00. The van der Waals surface area contributed by atoms with E-state index in [9.17, 15) is 8.42 Å². The van der Waals surface area contributed by atoms with Crippen molar-refractivity contribution >= 4 is 38.7 Å². The molecule has 0 bridgehead atoms. The van der Waals surface area contributed by atoms with E-state index in [0.29, 0.717) is 5.69 Å². The minimum Gasteiger partial charge on any atom is -0.269 e. The van der Waals surface area contributed by atoms with Crippen LogP contribution in [-0.4, -0.2) is 18.0 Å². The van der Waals surface area contributed by atoms with Gasteiger partial charge in [0.25, 0.3) is 0 Å². The first-order chi connectivity index (χ1) is 11.4. The first-order valence-electron chi connectivity index (χ1n) is 7.24. The molecule has 2 aromatic heterocycles. The summed E-state index contributed by atoms with van der Waals surface area (Å²) in [6, 6.07) is 11.0. The van der Waals surface area contributed by atoms with Gasteiger partial charge in [-0.2, -0.15) is 8.42 Å². The maximum absolute atomic E-state index is 10.8. The molecule has 0 fully saturated rings. The van der Waals surface area contributed by atoms with Gasteiger partial charge in [0.1, 0.15) is 5.01 Å². The van der Waals surface area contributed by atoms with Crippen molar-refractivity contribution in [3.63, 3.8) is 0 Å². The average molecular weight is 381 g/mol. The predicted molar refractivity (Wildman–Crippen MR) is 99.2 cm³/mol. The lowest BCUT2D eigenvalue weighted by Crippen LogP contribution is -2.10. The zero-order chi connectivity index (χ0) is 17.2. The van der Waals surface area contributed by atoms with Gasteiger partial charge in [0.05, 0.1) is 16.3 Å². The Morgan fingerprint density at radius 3 is 2.58 bits per heavy atom. The molecule has 1 aromatic carbocycles. The number of aromatic nitrogens is 1. The topological polar surface area (TPSA) is 79.3 Å². The third kappa shape index (κ3) is 4.41. The van der Waals surface area contributed by atoms with Gasteiger partial charge in [0, 0.05) is 11.3 Å². The van der Waals surface area contributed by atoms with Crippen molar-refractivity contribution in [1.82, 2.24) is 4.98 Å². The van der Waals surface area contributed by atoms with Crippen LogP contribution in [0.2, 0.25) is 0 Å². The molecule has 0 aliphatic heterocycles. The monoisotopic (exact) mass is 380 g/mol. The zero-order valence-corrected chi connectivity index (χ0v) is 15.3. The summed E-state index contributed by atoms with van der Waals surface area (Å²) >= 11 is 3.33. The molecular formula is C16H16N2O3S3. The summed E-state index contributed by atoms with van der Waals surface area (Å²) < 4.78 is 32.4. The lowest BCUT2D eigenvalue weighted by Gasteiger charge is -2.09. The van der Waals surface area contributed by atoms with Crippen molar-refractivity contribution in [3.05, 3.63) is 58.4 Å². The van der Waals surface area contributed by atoms with Crippen molar-refractivity contribution < 1.29 is 13.0 Å². The number of hydrogen-bond acceptors (Lipinski definition) is 5. The standard InChI is InChI=1S/C16H16N2O3S3/c1-11(14-10-23-16(17-14)15-3-2-8-22-15)9-12-4-6-13(7-5-12)18-24(19,20)21/h2-8,10-11,18H,9H2,1H3,(H,19,20,21)/t11-/m0/s1. The van der Waals surface area contributed by atoms with E-state index in [4.69, 9.17) is 9.54 Å². The van der Waals surface area contributed by atoms with Gasteiger partial charge >= 0.3 is 10.3 Å². The maximum Gasteiger partial charge on any atom is 0.357 e. The molecule has 0 aliphatic rings.